The van der Waals surface area contributed by atoms with E-state index in [1.807, 2.05) is 24.6 Å². The van der Waals surface area contributed by atoms with Gasteiger partial charge >= 0.3 is 0 Å². The summed E-state index contributed by atoms with van der Waals surface area (Å²) in [4.78, 5) is 18.3. The smallest absolute Gasteiger partial charge is 0.243 e. The Morgan fingerprint density at radius 1 is 1.23 bits per heavy atom. The van der Waals surface area contributed by atoms with E-state index in [1.54, 1.807) is 38.4 Å². The number of hydrogen-bond acceptors (Lipinski definition) is 4. The van der Waals surface area contributed by atoms with Crippen molar-refractivity contribution < 1.29 is 13.2 Å². The highest BCUT2D eigenvalue weighted by atomic mass is 32.2. The van der Waals surface area contributed by atoms with Gasteiger partial charge in [-0.2, -0.15) is 4.31 Å². The molecule has 0 spiro atoms. The first-order valence-corrected chi connectivity index (χ1v) is 9.99. The summed E-state index contributed by atoms with van der Waals surface area (Å²) in [6, 6.07) is 6.48. The summed E-state index contributed by atoms with van der Waals surface area (Å²) < 4.78 is 29.5. The molecule has 0 saturated carbocycles. The molecule has 0 bridgehead atoms. The predicted molar refractivity (Wildman–Crippen MR) is 98.1 cm³/mol. The lowest BCUT2D eigenvalue weighted by Gasteiger charge is -2.32. The van der Waals surface area contributed by atoms with Crippen LogP contribution in [0.2, 0.25) is 0 Å². The number of aromatic nitrogens is 2. The molecule has 1 amide bonds. The minimum absolute atomic E-state index is 0.0303. The molecule has 26 heavy (non-hydrogen) atoms. The van der Waals surface area contributed by atoms with E-state index >= 15 is 0 Å². The maximum atomic E-state index is 13.0. The lowest BCUT2D eigenvalue weighted by Crippen LogP contribution is -2.41. The van der Waals surface area contributed by atoms with Crippen molar-refractivity contribution >= 4 is 15.9 Å². The minimum atomic E-state index is -3.59. The number of imidazole rings is 1. The fourth-order valence-corrected chi connectivity index (χ4v) is 4.68. The van der Waals surface area contributed by atoms with Gasteiger partial charge in [0.2, 0.25) is 15.9 Å². The summed E-state index contributed by atoms with van der Waals surface area (Å²) in [7, 11) is -0.183. The third-order valence-corrected chi connectivity index (χ3v) is 6.67. The number of carbonyl (C=O) groups is 1. The number of aryl methyl sites for hydroxylation is 1. The second-order valence-corrected chi connectivity index (χ2v) is 8.74. The van der Waals surface area contributed by atoms with Gasteiger partial charge in [0.25, 0.3) is 0 Å². The van der Waals surface area contributed by atoms with Crippen LogP contribution in [-0.2, 0) is 27.8 Å². The van der Waals surface area contributed by atoms with E-state index in [0.29, 0.717) is 24.6 Å². The highest BCUT2D eigenvalue weighted by Crippen LogP contribution is 2.30. The maximum Gasteiger partial charge on any atom is 0.243 e. The quantitative estimate of drug-likeness (QED) is 0.812. The van der Waals surface area contributed by atoms with E-state index in [9.17, 15) is 13.2 Å². The number of likely N-dealkylation sites (N-methyl/N-ethyl adjacent to an activating group) is 1. The van der Waals surface area contributed by atoms with Gasteiger partial charge in [0.15, 0.2) is 0 Å². The lowest BCUT2D eigenvalue weighted by molar-refractivity contribution is -0.128. The number of benzene rings is 1. The van der Waals surface area contributed by atoms with Crippen LogP contribution >= 0.6 is 0 Å². The normalized spacial score (nSPS) is 17.8. The summed E-state index contributed by atoms with van der Waals surface area (Å²) in [5.41, 5.74) is 1.68. The fourth-order valence-electron chi connectivity index (χ4n) is 3.10. The van der Waals surface area contributed by atoms with Crippen LogP contribution in [0.1, 0.15) is 30.0 Å². The molecule has 2 heterocycles. The summed E-state index contributed by atoms with van der Waals surface area (Å²) in [6.07, 6.45) is 2.06. The van der Waals surface area contributed by atoms with E-state index in [0.717, 1.165) is 5.56 Å². The molecule has 0 radical (unpaired) electrons. The first-order chi connectivity index (χ1) is 12.2. The summed E-state index contributed by atoms with van der Waals surface area (Å²) in [5.74, 6) is 0.644. The molecule has 140 valence electrons. The third-order valence-electron chi connectivity index (χ3n) is 4.68. The number of amides is 1. The Morgan fingerprint density at radius 3 is 2.50 bits per heavy atom. The second-order valence-electron chi connectivity index (χ2n) is 6.85. The van der Waals surface area contributed by atoms with E-state index in [1.165, 1.54) is 9.21 Å². The number of fused-ring (bicyclic) bond motifs is 1. The van der Waals surface area contributed by atoms with Crippen molar-refractivity contribution in [2.75, 3.05) is 20.6 Å². The predicted octanol–water partition coefficient (Wildman–Crippen LogP) is 1.59. The van der Waals surface area contributed by atoms with Gasteiger partial charge in [0, 0.05) is 33.4 Å². The van der Waals surface area contributed by atoms with Crippen molar-refractivity contribution in [3.8, 4) is 0 Å². The van der Waals surface area contributed by atoms with Crippen LogP contribution in [0.4, 0.5) is 0 Å². The molecule has 0 aliphatic carbocycles. The van der Waals surface area contributed by atoms with Crippen molar-refractivity contribution in [2.24, 2.45) is 0 Å². The van der Waals surface area contributed by atoms with Gasteiger partial charge in [-0.25, -0.2) is 13.4 Å². The van der Waals surface area contributed by atoms with Gasteiger partial charge < -0.3 is 9.47 Å². The standard InChI is InChI=1S/C18H24N4O3S/c1-13-5-7-16(8-6-13)26(24,25)22-10-9-21-12-15(11-17(23)20(3)4)19-18(21)14(22)2/h5-8,12,14H,9-11H2,1-4H3. The molecule has 1 atom stereocenters. The van der Waals surface area contributed by atoms with Crippen LogP contribution in [0.25, 0.3) is 0 Å². The van der Waals surface area contributed by atoms with E-state index < -0.39 is 16.1 Å². The van der Waals surface area contributed by atoms with Crippen molar-refractivity contribution in [1.82, 2.24) is 18.8 Å². The monoisotopic (exact) mass is 376 g/mol. The molecule has 7 nitrogen and oxygen atoms in total. The molecular weight excluding hydrogens is 352 g/mol. The molecule has 8 heteroatoms. The van der Waals surface area contributed by atoms with Crippen LogP contribution in [0.15, 0.2) is 35.4 Å². The van der Waals surface area contributed by atoms with Crippen LogP contribution in [0.3, 0.4) is 0 Å². The van der Waals surface area contributed by atoms with E-state index in [2.05, 4.69) is 4.98 Å². The van der Waals surface area contributed by atoms with Crippen LogP contribution in [0, 0.1) is 6.92 Å². The van der Waals surface area contributed by atoms with E-state index in [-0.39, 0.29) is 17.2 Å². The van der Waals surface area contributed by atoms with Gasteiger partial charge in [-0.3, -0.25) is 4.79 Å². The van der Waals surface area contributed by atoms with Crippen LogP contribution in [-0.4, -0.2) is 53.7 Å². The summed E-state index contributed by atoms with van der Waals surface area (Å²) in [6.45, 7) is 4.66. The van der Waals surface area contributed by atoms with Gasteiger partial charge in [0.05, 0.1) is 23.1 Å². The fraction of sp³-hybridized carbons (Fsp3) is 0.444. The van der Waals surface area contributed by atoms with E-state index in [4.69, 9.17) is 0 Å². The number of hydrogen-bond donors (Lipinski definition) is 0. The van der Waals surface area contributed by atoms with Crippen molar-refractivity contribution in [2.45, 2.75) is 37.8 Å². The average molecular weight is 376 g/mol. The molecule has 0 fully saturated rings. The Balaban J connectivity index is 1.87. The second kappa shape index (κ2) is 6.85. The van der Waals surface area contributed by atoms with Gasteiger partial charge in [0.1, 0.15) is 5.82 Å². The molecular formula is C18H24N4O3S. The topological polar surface area (TPSA) is 75.5 Å². The average Bonchev–Trinajstić information content (AvgIpc) is 2.98. The highest BCUT2D eigenvalue weighted by Gasteiger charge is 2.35. The zero-order valence-electron chi connectivity index (χ0n) is 15.5. The number of rotatable bonds is 4. The van der Waals surface area contributed by atoms with Crippen molar-refractivity contribution in [1.29, 1.82) is 0 Å². The molecule has 0 N–H and O–H groups in total. The molecule has 1 aliphatic rings. The Hall–Kier alpha value is -2.19. The third kappa shape index (κ3) is 3.39. The molecule has 3 rings (SSSR count). The lowest BCUT2D eigenvalue weighted by atomic mass is 10.2. The molecule has 1 aromatic carbocycles. The first kappa shape index (κ1) is 18.6. The minimum Gasteiger partial charge on any atom is -0.348 e. The maximum absolute atomic E-state index is 13.0. The van der Waals surface area contributed by atoms with Gasteiger partial charge in [-0.1, -0.05) is 17.7 Å². The molecule has 1 aliphatic heterocycles. The van der Waals surface area contributed by atoms with Gasteiger partial charge in [-0.05, 0) is 26.0 Å². The molecule has 1 aromatic heterocycles. The Kier molecular flexibility index (Phi) is 4.90. The number of sulfonamides is 1. The summed E-state index contributed by atoms with van der Waals surface area (Å²) in [5, 5.41) is 0. The van der Waals surface area contributed by atoms with Crippen molar-refractivity contribution in [3.05, 3.63) is 47.5 Å². The van der Waals surface area contributed by atoms with Crippen LogP contribution in [0.5, 0.6) is 0 Å². The number of carbonyl (C=O) groups excluding carboxylic acids is 1. The Labute approximate surface area is 154 Å². The Bertz CT molecular complexity index is 916. The first-order valence-electron chi connectivity index (χ1n) is 8.55. The number of nitrogens with zero attached hydrogens (tertiary/aromatic N) is 4. The molecule has 0 saturated heterocycles. The van der Waals surface area contributed by atoms with Crippen molar-refractivity contribution in [3.63, 3.8) is 0 Å². The highest BCUT2D eigenvalue weighted by molar-refractivity contribution is 7.89. The van der Waals surface area contributed by atoms with Crippen LogP contribution < -0.4 is 0 Å². The SMILES string of the molecule is Cc1ccc(S(=O)(=O)N2CCn3cc(CC(=O)N(C)C)nc3C2C)cc1. The molecule has 1 unspecified atom stereocenters. The summed E-state index contributed by atoms with van der Waals surface area (Å²) >= 11 is 0. The largest absolute Gasteiger partial charge is 0.348 e. The molecule has 2 aromatic rings. The van der Waals surface area contributed by atoms with Gasteiger partial charge in [-0.15, -0.1) is 0 Å². The zero-order chi connectivity index (χ0) is 19.1. The Morgan fingerprint density at radius 2 is 1.88 bits per heavy atom. The zero-order valence-corrected chi connectivity index (χ0v) is 16.3.